The van der Waals surface area contributed by atoms with Crippen LogP contribution in [0.15, 0.2) is 42.5 Å². The summed E-state index contributed by atoms with van der Waals surface area (Å²) in [5.41, 5.74) is 1.72. The van der Waals surface area contributed by atoms with E-state index in [2.05, 4.69) is 5.32 Å². The zero-order chi connectivity index (χ0) is 21.7. The molecular weight excluding hydrogens is 404 g/mol. The Balaban J connectivity index is 1.51. The maximum absolute atomic E-state index is 12.6. The number of carbonyl (C=O) groups is 2. The minimum atomic E-state index is -0.288. The summed E-state index contributed by atoms with van der Waals surface area (Å²) in [4.78, 5) is 26.3. The van der Waals surface area contributed by atoms with Crippen molar-refractivity contribution in [3.63, 3.8) is 0 Å². The number of hydrogen-bond donors (Lipinski definition) is 1. The number of amides is 2. The number of carbonyl (C=O) groups excluding carboxylic acids is 2. The van der Waals surface area contributed by atoms with Gasteiger partial charge in [0.25, 0.3) is 5.91 Å². The van der Waals surface area contributed by atoms with Crippen LogP contribution < -0.4 is 14.8 Å². The van der Waals surface area contributed by atoms with Gasteiger partial charge < -0.3 is 19.7 Å². The molecule has 0 unspecified atom stereocenters. The van der Waals surface area contributed by atoms with Gasteiger partial charge in [-0.3, -0.25) is 9.59 Å². The van der Waals surface area contributed by atoms with Gasteiger partial charge >= 0.3 is 0 Å². The second-order valence-corrected chi connectivity index (χ2v) is 8.32. The summed E-state index contributed by atoms with van der Waals surface area (Å²) in [6.45, 7) is 6.47. The minimum absolute atomic E-state index is 0.0251. The Hall–Kier alpha value is -2.73. The molecule has 0 fully saturated rings. The number of hydrogen-bond acceptors (Lipinski definition) is 4. The van der Waals surface area contributed by atoms with Crippen LogP contribution in [-0.4, -0.2) is 42.0 Å². The van der Waals surface area contributed by atoms with E-state index in [1.165, 1.54) is 4.90 Å². The van der Waals surface area contributed by atoms with Crippen LogP contribution in [0.4, 0.5) is 0 Å². The highest BCUT2D eigenvalue weighted by molar-refractivity contribution is 6.30. The topological polar surface area (TPSA) is 67.9 Å². The van der Waals surface area contributed by atoms with Gasteiger partial charge in [-0.25, -0.2) is 0 Å². The van der Waals surface area contributed by atoms with Crippen LogP contribution in [0.5, 0.6) is 11.5 Å². The van der Waals surface area contributed by atoms with Crippen LogP contribution >= 0.6 is 11.6 Å². The monoisotopic (exact) mass is 430 g/mol. The van der Waals surface area contributed by atoms with Crippen LogP contribution in [-0.2, 0) is 22.6 Å². The van der Waals surface area contributed by atoms with E-state index in [0.717, 1.165) is 17.5 Å². The summed E-state index contributed by atoms with van der Waals surface area (Å²) in [6, 6.07) is 12.9. The number of likely N-dealkylation sites (N-methyl/N-ethyl adjacent to an activating group) is 1. The lowest BCUT2D eigenvalue weighted by molar-refractivity contribution is -0.137. The number of nitrogens with one attached hydrogen (secondary N) is 1. The normalized spacial score (nSPS) is 13.9. The van der Waals surface area contributed by atoms with Gasteiger partial charge in [-0.05, 0) is 44.5 Å². The maximum atomic E-state index is 12.6. The lowest BCUT2D eigenvalue weighted by Crippen LogP contribution is -2.42. The molecule has 3 rings (SSSR count). The molecule has 1 heterocycles. The molecule has 1 N–H and O–H groups in total. The van der Waals surface area contributed by atoms with E-state index < -0.39 is 0 Å². The molecule has 0 aromatic heterocycles. The van der Waals surface area contributed by atoms with Crippen molar-refractivity contribution in [1.82, 2.24) is 10.2 Å². The molecule has 2 aromatic carbocycles. The number of para-hydroxylation sites is 1. The highest BCUT2D eigenvalue weighted by Gasteiger charge is 2.32. The molecule has 0 atom stereocenters. The fraction of sp³-hybridized carbons (Fsp3) is 0.391. The first-order chi connectivity index (χ1) is 14.3. The summed E-state index contributed by atoms with van der Waals surface area (Å²) in [7, 11) is 0. The molecule has 6 nitrogen and oxygen atoms in total. The van der Waals surface area contributed by atoms with E-state index >= 15 is 0 Å². The van der Waals surface area contributed by atoms with Gasteiger partial charge in [-0.1, -0.05) is 35.9 Å². The number of fused-ring (bicyclic) bond motifs is 1. The van der Waals surface area contributed by atoms with Crippen molar-refractivity contribution >= 4 is 23.4 Å². The van der Waals surface area contributed by atoms with E-state index in [1.807, 2.05) is 45.0 Å². The summed E-state index contributed by atoms with van der Waals surface area (Å²) in [6.07, 6.45) is 0.794. The Kier molecular flexibility index (Phi) is 6.87. The van der Waals surface area contributed by atoms with Gasteiger partial charge in [-0.2, -0.15) is 0 Å². The van der Waals surface area contributed by atoms with Crippen LogP contribution in [0.1, 0.15) is 31.9 Å². The Morgan fingerprint density at radius 3 is 2.63 bits per heavy atom. The second kappa shape index (κ2) is 9.39. The van der Waals surface area contributed by atoms with E-state index in [1.54, 1.807) is 18.2 Å². The molecule has 0 saturated heterocycles. The smallest absolute Gasteiger partial charge is 0.260 e. The third kappa shape index (κ3) is 5.66. The fourth-order valence-corrected chi connectivity index (χ4v) is 3.47. The molecule has 30 heavy (non-hydrogen) atoms. The van der Waals surface area contributed by atoms with Crippen molar-refractivity contribution in [3.8, 4) is 11.5 Å². The zero-order valence-electron chi connectivity index (χ0n) is 17.5. The third-order valence-electron chi connectivity index (χ3n) is 4.88. The number of halogens is 1. The average Bonchev–Trinajstić information content (AvgIpc) is 3.04. The van der Waals surface area contributed by atoms with E-state index in [4.69, 9.17) is 21.1 Å². The molecule has 2 aromatic rings. The van der Waals surface area contributed by atoms with Crippen LogP contribution in [0.25, 0.3) is 0 Å². The molecule has 0 spiro atoms. The van der Waals surface area contributed by atoms with Gasteiger partial charge in [0.2, 0.25) is 5.91 Å². The summed E-state index contributed by atoms with van der Waals surface area (Å²) in [5.74, 6) is 0.758. The molecule has 1 aliphatic heterocycles. The highest BCUT2D eigenvalue weighted by atomic mass is 35.5. The van der Waals surface area contributed by atoms with Gasteiger partial charge in [0.15, 0.2) is 18.1 Å². The molecule has 0 radical (unpaired) electrons. The Morgan fingerprint density at radius 1 is 1.20 bits per heavy atom. The number of benzene rings is 2. The Labute approximate surface area is 182 Å². The van der Waals surface area contributed by atoms with Crippen molar-refractivity contribution in [1.29, 1.82) is 0 Å². The first kappa shape index (κ1) is 22.0. The molecular formula is C23H27ClN2O4. The maximum Gasteiger partial charge on any atom is 0.260 e. The quantitative estimate of drug-likeness (QED) is 0.694. The molecule has 7 heteroatoms. The summed E-state index contributed by atoms with van der Waals surface area (Å²) < 4.78 is 11.7. The van der Waals surface area contributed by atoms with E-state index in [-0.39, 0.29) is 30.6 Å². The zero-order valence-corrected chi connectivity index (χ0v) is 18.3. The van der Waals surface area contributed by atoms with Crippen LogP contribution in [0.2, 0.25) is 5.02 Å². The van der Waals surface area contributed by atoms with Crippen molar-refractivity contribution in [2.45, 2.75) is 39.3 Å². The number of ether oxygens (including phenoxy) is 2. The Bertz CT molecular complexity index is 912. The summed E-state index contributed by atoms with van der Waals surface area (Å²) in [5, 5.41) is 3.46. The van der Waals surface area contributed by atoms with Gasteiger partial charge in [-0.15, -0.1) is 0 Å². The molecule has 1 aliphatic rings. The predicted octanol–water partition coefficient (Wildman–Crippen LogP) is 3.60. The molecule has 160 valence electrons. The lowest BCUT2D eigenvalue weighted by atomic mass is 10.0. The van der Waals surface area contributed by atoms with Crippen molar-refractivity contribution in [2.75, 3.05) is 19.7 Å². The van der Waals surface area contributed by atoms with Crippen LogP contribution in [0, 0.1) is 0 Å². The summed E-state index contributed by atoms with van der Waals surface area (Å²) >= 11 is 5.86. The Morgan fingerprint density at radius 2 is 1.93 bits per heavy atom. The van der Waals surface area contributed by atoms with Crippen LogP contribution in [0.3, 0.4) is 0 Å². The van der Waals surface area contributed by atoms with Crippen molar-refractivity contribution < 1.29 is 19.1 Å². The minimum Gasteiger partial charge on any atom is -0.483 e. The van der Waals surface area contributed by atoms with E-state index in [0.29, 0.717) is 29.6 Å². The average molecular weight is 431 g/mol. The second-order valence-electron chi connectivity index (χ2n) is 7.88. The molecule has 2 amide bonds. The largest absolute Gasteiger partial charge is 0.483 e. The van der Waals surface area contributed by atoms with Gasteiger partial charge in [0, 0.05) is 30.1 Å². The number of nitrogens with zero attached hydrogens (tertiary/aromatic N) is 1. The third-order valence-corrected chi connectivity index (χ3v) is 5.13. The SMILES string of the molecule is CCN(CC(=O)NCc1ccc(Cl)cc1)C(=O)COc1cccc2c1OC(C)(C)C2. The van der Waals surface area contributed by atoms with Crippen molar-refractivity contribution in [2.24, 2.45) is 0 Å². The van der Waals surface area contributed by atoms with Gasteiger partial charge in [0.05, 0.1) is 6.54 Å². The standard InChI is InChI=1S/C23H27ClN2O4/c1-4-26(14-20(27)25-13-16-8-10-18(24)11-9-16)21(28)15-29-19-7-5-6-17-12-23(2,3)30-22(17)19/h5-11H,4,12-15H2,1-3H3,(H,25,27). The lowest BCUT2D eigenvalue weighted by Gasteiger charge is -2.21. The van der Waals surface area contributed by atoms with Crippen molar-refractivity contribution in [3.05, 3.63) is 58.6 Å². The molecule has 0 saturated carbocycles. The fourth-order valence-electron chi connectivity index (χ4n) is 3.34. The first-order valence-electron chi connectivity index (χ1n) is 10.00. The predicted molar refractivity (Wildman–Crippen MR) is 116 cm³/mol. The van der Waals surface area contributed by atoms with Gasteiger partial charge in [0.1, 0.15) is 5.60 Å². The molecule has 0 bridgehead atoms. The van der Waals surface area contributed by atoms with E-state index in [9.17, 15) is 9.59 Å². The highest BCUT2D eigenvalue weighted by Crippen LogP contribution is 2.41. The molecule has 0 aliphatic carbocycles. The first-order valence-corrected chi connectivity index (χ1v) is 10.4. The number of rotatable bonds is 8.